The number of benzene rings is 1. The number of nitrogens with zero attached hydrogens (tertiary/aromatic N) is 3. The number of anilines is 1. The van der Waals surface area contributed by atoms with Gasteiger partial charge in [0.15, 0.2) is 0 Å². The number of ether oxygens (including phenoxy) is 1. The largest absolute Gasteiger partial charge is 0.450 e. The van der Waals surface area contributed by atoms with Crippen molar-refractivity contribution in [1.82, 2.24) is 9.80 Å². The monoisotopic (exact) mass is 381 g/mol. The van der Waals surface area contributed by atoms with Gasteiger partial charge < -0.3 is 19.4 Å². The van der Waals surface area contributed by atoms with Crippen molar-refractivity contribution in [2.45, 2.75) is 20.8 Å². The van der Waals surface area contributed by atoms with E-state index in [2.05, 4.69) is 0 Å². The second-order valence-corrected chi connectivity index (χ2v) is 6.54. The van der Waals surface area contributed by atoms with Gasteiger partial charge in [-0.05, 0) is 37.6 Å². The smallest absolute Gasteiger partial charge is 0.409 e. The lowest BCUT2D eigenvalue weighted by Crippen LogP contribution is -2.53. The first kappa shape index (κ1) is 20.0. The molecule has 1 heterocycles. The van der Waals surface area contributed by atoms with Gasteiger partial charge >= 0.3 is 6.09 Å². The van der Waals surface area contributed by atoms with Crippen LogP contribution in [0.25, 0.3) is 0 Å². The molecule has 0 N–H and O–H groups in total. The number of hydrogen-bond donors (Lipinski definition) is 0. The molecule has 1 aromatic rings. The van der Waals surface area contributed by atoms with Crippen molar-refractivity contribution in [3.05, 3.63) is 28.8 Å². The highest BCUT2D eigenvalue weighted by atomic mass is 35.5. The Balaban J connectivity index is 2.01. The molecule has 0 bridgehead atoms. The van der Waals surface area contributed by atoms with Crippen LogP contribution in [-0.2, 0) is 14.3 Å². The summed E-state index contributed by atoms with van der Waals surface area (Å²) in [6, 6.07) is 5.20. The zero-order valence-corrected chi connectivity index (χ0v) is 16.1. The van der Waals surface area contributed by atoms with Gasteiger partial charge in [0.25, 0.3) is 0 Å². The maximum absolute atomic E-state index is 12.6. The molecule has 1 aliphatic rings. The first-order chi connectivity index (χ1) is 12.3. The van der Waals surface area contributed by atoms with Crippen molar-refractivity contribution >= 4 is 35.2 Å². The van der Waals surface area contributed by atoms with Crippen molar-refractivity contribution < 1.29 is 19.1 Å². The summed E-state index contributed by atoms with van der Waals surface area (Å²) in [4.78, 5) is 41.1. The Labute approximate surface area is 158 Å². The number of hydrogen-bond acceptors (Lipinski definition) is 4. The molecular formula is C18H24ClN3O4. The average molecular weight is 382 g/mol. The molecule has 142 valence electrons. The van der Waals surface area contributed by atoms with E-state index in [9.17, 15) is 14.4 Å². The highest BCUT2D eigenvalue weighted by Crippen LogP contribution is 2.24. The quantitative estimate of drug-likeness (QED) is 0.802. The molecule has 1 saturated heterocycles. The molecule has 0 radical (unpaired) electrons. The molecular weight excluding hydrogens is 358 g/mol. The number of carbonyl (C=O) groups is 3. The van der Waals surface area contributed by atoms with E-state index in [0.29, 0.717) is 43.5 Å². The van der Waals surface area contributed by atoms with Gasteiger partial charge in [0.05, 0.1) is 6.61 Å². The summed E-state index contributed by atoms with van der Waals surface area (Å²) >= 11 is 5.97. The maximum Gasteiger partial charge on any atom is 0.409 e. The van der Waals surface area contributed by atoms with E-state index in [0.717, 1.165) is 5.56 Å². The molecule has 0 saturated carbocycles. The number of piperazine rings is 1. The molecule has 1 fully saturated rings. The fourth-order valence-corrected chi connectivity index (χ4v) is 3.10. The molecule has 7 nitrogen and oxygen atoms in total. The van der Waals surface area contributed by atoms with E-state index < -0.39 is 0 Å². The van der Waals surface area contributed by atoms with Gasteiger partial charge in [-0.1, -0.05) is 11.6 Å². The number of amides is 3. The third-order valence-electron chi connectivity index (χ3n) is 4.28. The van der Waals surface area contributed by atoms with E-state index >= 15 is 0 Å². The van der Waals surface area contributed by atoms with Crippen molar-refractivity contribution in [2.75, 3.05) is 44.2 Å². The van der Waals surface area contributed by atoms with E-state index in [1.165, 1.54) is 11.8 Å². The maximum atomic E-state index is 12.6. The van der Waals surface area contributed by atoms with Crippen molar-refractivity contribution in [1.29, 1.82) is 0 Å². The van der Waals surface area contributed by atoms with Gasteiger partial charge in [0.2, 0.25) is 11.8 Å². The van der Waals surface area contributed by atoms with Gasteiger partial charge in [-0.15, -0.1) is 0 Å². The van der Waals surface area contributed by atoms with Crippen LogP contribution in [0, 0.1) is 6.92 Å². The van der Waals surface area contributed by atoms with Crippen LogP contribution in [0.2, 0.25) is 5.02 Å². The molecule has 0 atom stereocenters. The topological polar surface area (TPSA) is 70.2 Å². The molecule has 26 heavy (non-hydrogen) atoms. The second kappa shape index (κ2) is 8.89. The van der Waals surface area contributed by atoms with Crippen LogP contribution >= 0.6 is 11.6 Å². The highest BCUT2D eigenvalue weighted by molar-refractivity contribution is 6.30. The molecule has 0 aliphatic carbocycles. The van der Waals surface area contributed by atoms with Gasteiger partial charge in [0, 0.05) is 43.8 Å². The molecule has 1 aliphatic heterocycles. The van der Waals surface area contributed by atoms with E-state index in [-0.39, 0.29) is 24.5 Å². The minimum absolute atomic E-state index is 0.0444. The molecule has 0 spiro atoms. The standard InChI is InChI=1S/C18H24ClN3O4/c1-4-26-18(25)21-9-7-20(8-10-21)17(24)12-22(14(3)23)16-6-5-15(19)11-13(16)2/h5-6,11H,4,7-10,12H2,1-3H3. The Kier molecular flexibility index (Phi) is 6.85. The minimum Gasteiger partial charge on any atom is -0.450 e. The third kappa shape index (κ3) is 4.88. The molecule has 8 heteroatoms. The average Bonchev–Trinajstić information content (AvgIpc) is 2.60. The summed E-state index contributed by atoms with van der Waals surface area (Å²) in [5.41, 5.74) is 1.49. The van der Waals surface area contributed by atoms with Crippen LogP contribution < -0.4 is 4.90 Å². The predicted molar refractivity (Wildman–Crippen MR) is 99.4 cm³/mol. The molecule has 3 amide bonds. The Morgan fingerprint density at radius 1 is 1.15 bits per heavy atom. The molecule has 0 aromatic heterocycles. The molecule has 1 aromatic carbocycles. The van der Waals surface area contributed by atoms with Crippen LogP contribution in [0.5, 0.6) is 0 Å². The summed E-state index contributed by atoms with van der Waals surface area (Å²) in [6.07, 6.45) is -0.359. The Bertz CT molecular complexity index is 687. The SMILES string of the molecule is CCOC(=O)N1CCN(C(=O)CN(C(C)=O)c2ccc(Cl)cc2C)CC1. The van der Waals surface area contributed by atoms with Crippen LogP contribution in [0.15, 0.2) is 18.2 Å². The fraction of sp³-hybridized carbons (Fsp3) is 0.500. The first-order valence-electron chi connectivity index (χ1n) is 8.57. The number of carbonyl (C=O) groups excluding carboxylic acids is 3. The van der Waals surface area contributed by atoms with Gasteiger partial charge in [-0.25, -0.2) is 4.79 Å². The minimum atomic E-state index is -0.359. The van der Waals surface area contributed by atoms with E-state index in [1.807, 2.05) is 6.92 Å². The van der Waals surface area contributed by atoms with E-state index in [4.69, 9.17) is 16.3 Å². The lowest BCUT2D eigenvalue weighted by molar-refractivity contribution is -0.132. The normalized spacial score (nSPS) is 14.2. The summed E-state index contributed by atoms with van der Waals surface area (Å²) < 4.78 is 4.97. The second-order valence-electron chi connectivity index (χ2n) is 6.10. The zero-order valence-electron chi connectivity index (χ0n) is 15.3. The fourth-order valence-electron chi connectivity index (χ4n) is 2.88. The van der Waals surface area contributed by atoms with Crippen LogP contribution in [0.3, 0.4) is 0 Å². The lowest BCUT2D eigenvalue weighted by Gasteiger charge is -2.35. The van der Waals surface area contributed by atoms with Gasteiger partial charge in [-0.3, -0.25) is 9.59 Å². The predicted octanol–water partition coefficient (Wildman–Crippen LogP) is 2.30. The van der Waals surface area contributed by atoms with Crippen LogP contribution in [0.4, 0.5) is 10.5 Å². The van der Waals surface area contributed by atoms with Crippen LogP contribution in [0.1, 0.15) is 19.4 Å². The van der Waals surface area contributed by atoms with Gasteiger partial charge in [0.1, 0.15) is 6.54 Å². The molecule has 2 rings (SSSR count). The van der Waals surface area contributed by atoms with Crippen LogP contribution in [-0.4, -0.2) is 67.0 Å². The van der Waals surface area contributed by atoms with Crippen molar-refractivity contribution in [2.24, 2.45) is 0 Å². The lowest BCUT2D eigenvalue weighted by atomic mass is 10.1. The Morgan fingerprint density at radius 3 is 2.31 bits per heavy atom. The first-order valence-corrected chi connectivity index (χ1v) is 8.95. The summed E-state index contributed by atoms with van der Waals surface area (Å²) in [5, 5.41) is 0.580. The van der Waals surface area contributed by atoms with Crippen molar-refractivity contribution in [3.63, 3.8) is 0 Å². The molecule has 0 unspecified atom stereocenters. The van der Waals surface area contributed by atoms with E-state index in [1.54, 1.807) is 34.9 Å². The highest BCUT2D eigenvalue weighted by Gasteiger charge is 2.27. The number of halogens is 1. The summed E-state index contributed by atoms with van der Waals surface area (Å²) in [6.45, 7) is 7.00. The number of aryl methyl sites for hydroxylation is 1. The van der Waals surface area contributed by atoms with Gasteiger partial charge in [-0.2, -0.15) is 0 Å². The summed E-state index contributed by atoms with van der Waals surface area (Å²) in [7, 11) is 0. The van der Waals surface area contributed by atoms with Crippen molar-refractivity contribution in [3.8, 4) is 0 Å². The Hall–Kier alpha value is -2.28. The third-order valence-corrected chi connectivity index (χ3v) is 4.52. The summed E-state index contributed by atoms with van der Waals surface area (Å²) in [5.74, 6) is -0.369. The Morgan fingerprint density at radius 2 is 1.77 bits per heavy atom. The zero-order chi connectivity index (χ0) is 19.3. The number of rotatable bonds is 4.